The average Bonchev–Trinajstić information content (AvgIpc) is 3.03. The first-order valence-corrected chi connectivity index (χ1v) is 10.8. The Morgan fingerprint density at radius 3 is 2.69 bits per heavy atom. The number of unbranched alkanes of at least 4 members (excludes halogenated alkanes) is 2. The predicted molar refractivity (Wildman–Crippen MR) is 120 cm³/mol. The van der Waals surface area contributed by atoms with Gasteiger partial charge >= 0.3 is 0 Å². The molecule has 0 aliphatic rings. The Balaban J connectivity index is 1.89. The Hall–Kier alpha value is -2.26. The Kier molecular flexibility index (Phi) is 7.38. The van der Waals surface area contributed by atoms with Crippen molar-refractivity contribution in [2.24, 2.45) is 4.99 Å². The Morgan fingerprint density at radius 2 is 2.00 bits per heavy atom. The number of amides is 1. The standard InChI is InChI=1S/C22H20Cl2N2O2S/c1-3-5-6-12-28-17-9-7-15(8-10-17)21(27)25-22-26(11-4-2)20-18(24)13-16(23)14-19(20)29-22/h2,7-10,13-14H,3,5-6,11-12H2,1H3. The summed E-state index contributed by atoms with van der Waals surface area (Å²) >= 11 is 13.8. The van der Waals surface area contributed by atoms with E-state index in [1.165, 1.54) is 11.3 Å². The van der Waals surface area contributed by atoms with E-state index in [0.717, 1.165) is 35.2 Å². The number of halogens is 2. The van der Waals surface area contributed by atoms with Crippen molar-refractivity contribution in [2.75, 3.05) is 6.61 Å². The number of rotatable bonds is 7. The molecule has 0 aliphatic carbocycles. The molecule has 1 amide bonds. The Labute approximate surface area is 183 Å². The summed E-state index contributed by atoms with van der Waals surface area (Å²) in [6, 6.07) is 10.4. The zero-order valence-corrected chi connectivity index (χ0v) is 18.3. The summed E-state index contributed by atoms with van der Waals surface area (Å²) < 4.78 is 8.25. The quantitative estimate of drug-likeness (QED) is 0.332. The summed E-state index contributed by atoms with van der Waals surface area (Å²) in [7, 11) is 0. The lowest BCUT2D eigenvalue weighted by Gasteiger charge is -2.05. The van der Waals surface area contributed by atoms with Crippen molar-refractivity contribution in [1.82, 2.24) is 4.57 Å². The first-order valence-electron chi connectivity index (χ1n) is 9.27. The van der Waals surface area contributed by atoms with Gasteiger partial charge in [0.2, 0.25) is 0 Å². The number of hydrogen-bond acceptors (Lipinski definition) is 3. The molecular weight excluding hydrogens is 427 g/mol. The Morgan fingerprint density at radius 1 is 1.24 bits per heavy atom. The highest BCUT2D eigenvalue weighted by atomic mass is 35.5. The number of nitrogens with zero attached hydrogens (tertiary/aromatic N) is 2. The number of carbonyl (C=O) groups is 1. The van der Waals surface area contributed by atoms with Gasteiger partial charge in [-0.1, -0.05) is 60.2 Å². The summed E-state index contributed by atoms with van der Waals surface area (Å²) in [5.74, 6) is 2.96. The summed E-state index contributed by atoms with van der Waals surface area (Å²) in [4.78, 5) is 17.4. The number of benzene rings is 2. The SMILES string of the molecule is C#CCn1c(=NC(=O)c2ccc(OCCCCC)cc2)sc2cc(Cl)cc(Cl)c21. The summed E-state index contributed by atoms with van der Waals surface area (Å²) in [5, 5.41) is 0.987. The van der Waals surface area contributed by atoms with Gasteiger partial charge in [-0.05, 0) is 42.8 Å². The molecule has 2 aromatic carbocycles. The van der Waals surface area contributed by atoms with Crippen molar-refractivity contribution in [2.45, 2.75) is 32.7 Å². The molecule has 1 heterocycles. The van der Waals surface area contributed by atoms with Gasteiger partial charge < -0.3 is 9.30 Å². The highest BCUT2D eigenvalue weighted by Crippen LogP contribution is 2.29. The van der Waals surface area contributed by atoms with Gasteiger partial charge in [0.05, 0.1) is 28.4 Å². The van der Waals surface area contributed by atoms with Crippen LogP contribution in [0.1, 0.15) is 36.5 Å². The van der Waals surface area contributed by atoms with Gasteiger partial charge in [-0.3, -0.25) is 4.79 Å². The van der Waals surface area contributed by atoms with Crippen LogP contribution in [0.3, 0.4) is 0 Å². The predicted octanol–water partition coefficient (Wildman–Crippen LogP) is 5.95. The summed E-state index contributed by atoms with van der Waals surface area (Å²) in [6.07, 6.45) is 8.80. The van der Waals surface area contributed by atoms with Crippen LogP contribution in [-0.2, 0) is 6.54 Å². The fourth-order valence-corrected chi connectivity index (χ4v) is 4.65. The van der Waals surface area contributed by atoms with Crippen LogP contribution in [0, 0.1) is 12.3 Å². The third-order valence-corrected chi connectivity index (χ3v) is 5.79. The second kappa shape index (κ2) is 9.98. The third-order valence-electron chi connectivity index (χ3n) is 4.26. The van der Waals surface area contributed by atoms with Crippen LogP contribution < -0.4 is 9.54 Å². The maximum Gasteiger partial charge on any atom is 0.279 e. The molecule has 7 heteroatoms. The normalized spacial score (nSPS) is 11.6. The van der Waals surface area contributed by atoms with E-state index in [2.05, 4.69) is 17.8 Å². The van der Waals surface area contributed by atoms with E-state index >= 15 is 0 Å². The van der Waals surface area contributed by atoms with E-state index in [-0.39, 0.29) is 12.5 Å². The molecule has 150 valence electrons. The maximum absolute atomic E-state index is 12.7. The van der Waals surface area contributed by atoms with Crippen molar-refractivity contribution >= 4 is 50.7 Å². The third kappa shape index (κ3) is 5.22. The number of thiazole rings is 1. The van der Waals surface area contributed by atoms with Crippen molar-refractivity contribution in [3.63, 3.8) is 0 Å². The van der Waals surface area contributed by atoms with Crippen molar-refractivity contribution in [3.05, 3.63) is 56.8 Å². The van der Waals surface area contributed by atoms with Gasteiger partial charge in [-0.2, -0.15) is 4.99 Å². The molecule has 0 aliphatic heterocycles. The molecule has 0 N–H and O–H groups in total. The molecule has 0 bridgehead atoms. The molecule has 0 unspecified atom stereocenters. The lowest BCUT2D eigenvalue weighted by molar-refractivity contribution is 0.0998. The van der Waals surface area contributed by atoms with E-state index in [1.54, 1.807) is 41.0 Å². The number of aromatic nitrogens is 1. The monoisotopic (exact) mass is 446 g/mol. The van der Waals surface area contributed by atoms with Crippen LogP contribution in [0.25, 0.3) is 10.2 Å². The van der Waals surface area contributed by atoms with Crippen molar-refractivity contribution in [3.8, 4) is 18.1 Å². The molecule has 0 atom stereocenters. The number of fused-ring (bicyclic) bond motifs is 1. The average molecular weight is 447 g/mol. The fourth-order valence-electron chi connectivity index (χ4n) is 2.84. The minimum absolute atomic E-state index is 0.248. The second-order valence-electron chi connectivity index (χ2n) is 6.41. The van der Waals surface area contributed by atoms with Crippen molar-refractivity contribution < 1.29 is 9.53 Å². The molecule has 1 aromatic heterocycles. The summed E-state index contributed by atoms with van der Waals surface area (Å²) in [5.41, 5.74) is 1.20. The van der Waals surface area contributed by atoms with Crippen LogP contribution in [0.5, 0.6) is 5.75 Å². The molecule has 0 radical (unpaired) electrons. The molecule has 29 heavy (non-hydrogen) atoms. The zero-order valence-electron chi connectivity index (χ0n) is 16.0. The lowest BCUT2D eigenvalue weighted by atomic mass is 10.2. The number of terminal acetylenes is 1. The van der Waals surface area contributed by atoms with E-state index in [9.17, 15) is 4.79 Å². The molecule has 0 fully saturated rings. The molecule has 3 rings (SSSR count). The Bertz CT molecular complexity index is 1120. The van der Waals surface area contributed by atoms with Crippen LogP contribution in [-0.4, -0.2) is 17.1 Å². The molecule has 0 saturated heterocycles. The van der Waals surface area contributed by atoms with Gasteiger partial charge in [0.25, 0.3) is 5.91 Å². The van der Waals surface area contributed by atoms with Crippen LogP contribution in [0.15, 0.2) is 41.4 Å². The topological polar surface area (TPSA) is 43.6 Å². The maximum atomic E-state index is 12.7. The molecule has 3 aromatic rings. The molecular formula is C22H20Cl2N2O2S. The van der Waals surface area contributed by atoms with E-state index < -0.39 is 0 Å². The van der Waals surface area contributed by atoms with E-state index in [1.807, 2.05) is 0 Å². The zero-order chi connectivity index (χ0) is 20.8. The molecule has 0 saturated carbocycles. The van der Waals surface area contributed by atoms with Crippen molar-refractivity contribution in [1.29, 1.82) is 0 Å². The number of hydrogen-bond donors (Lipinski definition) is 0. The smallest absolute Gasteiger partial charge is 0.279 e. The van der Waals surface area contributed by atoms with Gasteiger partial charge in [0.15, 0.2) is 4.80 Å². The first-order chi connectivity index (χ1) is 14.0. The van der Waals surface area contributed by atoms with Crippen LogP contribution in [0.4, 0.5) is 0 Å². The van der Waals surface area contributed by atoms with E-state index in [4.69, 9.17) is 34.4 Å². The van der Waals surface area contributed by atoms with Gasteiger partial charge in [-0.15, -0.1) is 6.42 Å². The van der Waals surface area contributed by atoms with Crippen LogP contribution in [0.2, 0.25) is 10.0 Å². The lowest BCUT2D eigenvalue weighted by Crippen LogP contribution is -2.16. The number of ether oxygens (including phenoxy) is 1. The number of carbonyl (C=O) groups excluding carboxylic acids is 1. The van der Waals surface area contributed by atoms with Gasteiger partial charge in [0, 0.05) is 10.6 Å². The molecule has 0 spiro atoms. The largest absolute Gasteiger partial charge is 0.494 e. The first kappa shape index (κ1) is 21.4. The minimum Gasteiger partial charge on any atom is -0.494 e. The van der Waals surface area contributed by atoms with E-state index in [0.29, 0.717) is 27.0 Å². The second-order valence-corrected chi connectivity index (χ2v) is 8.26. The highest BCUT2D eigenvalue weighted by molar-refractivity contribution is 7.16. The van der Waals surface area contributed by atoms with Gasteiger partial charge in [0.1, 0.15) is 5.75 Å². The fraction of sp³-hybridized carbons (Fsp3) is 0.273. The van der Waals surface area contributed by atoms with Crippen LogP contribution >= 0.6 is 34.5 Å². The molecule has 4 nitrogen and oxygen atoms in total. The minimum atomic E-state index is -0.359. The highest BCUT2D eigenvalue weighted by Gasteiger charge is 2.12. The summed E-state index contributed by atoms with van der Waals surface area (Å²) in [6.45, 7) is 3.07. The van der Waals surface area contributed by atoms with Gasteiger partial charge in [-0.25, -0.2) is 0 Å².